The molecule has 3 rings (SSSR count). The van der Waals surface area contributed by atoms with Crippen molar-refractivity contribution in [3.05, 3.63) is 63.9 Å². The highest BCUT2D eigenvalue weighted by atomic mass is 19.4. The highest BCUT2D eigenvalue weighted by Crippen LogP contribution is 2.34. The molecule has 0 spiro atoms. The Labute approximate surface area is 150 Å². The monoisotopic (exact) mass is 377 g/mol. The van der Waals surface area contributed by atoms with Crippen LogP contribution in [0.5, 0.6) is 0 Å². The van der Waals surface area contributed by atoms with Crippen LogP contribution in [0.4, 0.5) is 24.5 Å². The van der Waals surface area contributed by atoms with Crippen molar-refractivity contribution in [3.8, 4) is 5.69 Å². The molecule has 0 aliphatic rings. The van der Waals surface area contributed by atoms with Crippen LogP contribution in [0.3, 0.4) is 0 Å². The number of alkyl halides is 3. The number of hydrogen-bond acceptors (Lipinski definition) is 5. The number of rotatable bonds is 2. The molecule has 0 radical (unpaired) electrons. The third-order valence-corrected chi connectivity index (χ3v) is 4.08. The Bertz CT molecular complexity index is 1100. The SMILES string of the molecule is COC(=O)c1c(N)c2ccc(C(F)(F)F)cc2n(-c2ccc(N)cc2)c1=O. The number of nitrogen functional groups attached to an aromatic ring is 2. The smallest absolute Gasteiger partial charge is 0.416 e. The number of methoxy groups -OCH3 is 1. The zero-order chi connectivity index (χ0) is 19.9. The molecule has 0 atom stereocenters. The number of pyridine rings is 1. The predicted octanol–water partition coefficient (Wildman–Crippen LogP) is 2.96. The molecule has 140 valence electrons. The Balaban J connectivity index is 2.50. The summed E-state index contributed by atoms with van der Waals surface area (Å²) >= 11 is 0. The standard InChI is InChI=1S/C18H14F3N3O3/c1-27-17(26)14-15(23)12-7-2-9(18(19,20)21)8-13(12)24(16(14)25)11-5-3-10(22)4-6-11/h2-8H,22-23H2,1H3. The summed E-state index contributed by atoms with van der Waals surface area (Å²) in [4.78, 5) is 25.0. The van der Waals surface area contributed by atoms with Gasteiger partial charge in [-0.2, -0.15) is 13.2 Å². The largest absolute Gasteiger partial charge is 0.465 e. The van der Waals surface area contributed by atoms with Crippen molar-refractivity contribution in [2.45, 2.75) is 6.18 Å². The number of aromatic nitrogens is 1. The number of hydrogen-bond donors (Lipinski definition) is 2. The first-order valence-electron chi connectivity index (χ1n) is 7.65. The lowest BCUT2D eigenvalue weighted by atomic mass is 10.1. The van der Waals surface area contributed by atoms with Crippen molar-refractivity contribution in [2.24, 2.45) is 0 Å². The van der Waals surface area contributed by atoms with E-state index in [4.69, 9.17) is 11.5 Å². The number of halogens is 3. The van der Waals surface area contributed by atoms with Crippen molar-refractivity contribution in [1.29, 1.82) is 0 Å². The lowest BCUT2D eigenvalue weighted by Crippen LogP contribution is -2.28. The van der Waals surface area contributed by atoms with Gasteiger partial charge < -0.3 is 16.2 Å². The molecule has 0 saturated heterocycles. The quantitative estimate of drug-likeness (QED) is 0.528. The number of carbonyl (C=O) groups excluding carboxylic acids is 1. The van der Waals surface area contributed by atoms with Crippen LogP contribution < -0.4 is 17.0 Å². The van der Waals surface area contributed by atoms with Crippen LogP contribution in [0, 0.1) is 0 Å². The van der Waals surface area contributed by atoms with E-state index in [0.29, 0.717) is 5.69 Å². The zero-order valence-electron chi connectivity index (χ0n) is 14.0. The summed E-state index contributed by atoms with van der Waals surface area (Å²) in [6.45, 7) is 0. The highest BCUT2D eigenvalue weighted by Gasteiger charge is 2.32. The second kappa shape index (κ2) is 6.35. The van der Waals surface area contributed by atoms with Gasteiger partial charge in [0.15, 0.2) is 0 Å². The van der Waals surface area contributed by atoms with Gasteiger partial charge >= 0.3 is 12.1 Å². The van der Waals surface area contributed by atoms with Crippen molar-refractivity contribution < 1.29 is 22.7 Å². The van der Waals surface area contributed by atoms with E-state index in [2.05, 4.69) is 4.74 Å². The van der Waals surface area contributed by atoms with Gasteiger partial charge in [-0.25, -0.2) is 4.79 Å². The molecule has 0 aliphatic heterocycles. The molecule has 0 amide bonds. The van der Waals surface area contributed by atoms with Crippen molar-refractivity contribution in [2.75, 3.05) is 18.6 Å². The minimum absolute atomic E-state index is 0.0928. The van der Waals surface area contributed by atoms with Gasteiger partial charge in [0.1, 0.15) is 5.56 Å². The first-order valence-corrected chi connectivity index (χ1v) is 7.65. The van der Waals surface area contributed by atoms with Crippen LogP contribution in [0.2, 0.25) is 0 Å². The van der Waals surface area contributed by atoms with Gasteiger partial charge in [-0.05, 0) is 36.4 Å². The maximum Gasteiger partial charge on any atom is 0.416 e. The molecular weight excluding hydrogens is 363 g/mol. The maximum atomic E-state index is 13.2. The van der Waals surface area contributed by atoms with Gasteiger partial charge in [0.05, 0.1) is 23.9 Å². The summed E-state index contributed by atoms with van der Waals surface area (Å²) in [5.41, 5.74) is 9.52. The molecule has 27 heavy (non-hydrogen) atoms. The van der Waals surface area contributed by atoms with Crippen LogP contribution >= 0.6 is 0 Å². The van der Waals surface area contributed by atoms with E-state index >= 15 is 0 Å². The van der Waals surface area contributed by atoms with Crippen LogP contribution in [0.1, 0.15) is 15.9 Å². The van der Waals surface area contributed by atoms with E-state index in [9.17, 15) is 22.8 Å². The Hall–Kier alpha value is -3.49. The fraction of sp³-hybridized carbons (Fsp3) is 0.111. The highest BCUT2D eigenvalue weighted by molar-refractivity contribution is 6.04. The molecule has 0 unspecified atom stereocenters. The van der Waals surface area contributed by atoms with Gasteiger partial charge in [-0.15, -0.1) is 0 Å². The number of carbonyl (C=O) groups is 1. The fourth-order valence-corrected chi connectivity index (χ4v) is 2.77. The summed E-state index contributed by atoms with van der Waals surface area (Å²) in [6, 6.07) is 8.63. The molecule has 9 heteroatoms. The number of ether oxygens (including phenoxy) is 1. The number of anilines is 2. The van der Waals surface area contributed by atoms with Gasteiger partial charge in [0, 0.05) is 16.8 Å². The molecule has 0 bridgehead atoms. The van der Waals surface area contributed by atoms with E-state index < -0.39 is 28.8 Å². The summed E-state index contributed by atoms with van der Waals surface area (Å²) in [6.07, 6.45) is -4.62. The van der Waals surface area contributed by atoms with E-state index in [1.807, 2.05) is 0 Å². The molecule has 1 heterocycles. The average molecular weight is 377 g/mol. The molecule has 0 saturated carbocycles. The molecule has 1 aromatic heterocycles. The van der Waals surface area contributed by atoms with Crippen molar-refractivity contribution >= 4 is 28.2 Å². The van der Waals surface area contributed by atoms with Crippen LogP contribution in [-0.2, 0) is 10.9 Å². The zero-order valence-corrected chi connectivity index (χ0v) is 14.0. The van der Waals surface area contributed by atoms with Crippen LogP contribution in [0.25, 0.3) is 16.6 Å². The molecule has 2 aromatic carbocycles. The Morgan fingerprint density at radius 1 is 1.07 bits per heavy atom. The molecule has 6 nitrogen and oxygen atoms in total. The molecule has 3 aromatic rings. The minimum atomic E-state index is -4.62. The van der Waals surface area contributed by atoms with Crippen molar-refractivity contribution in [1.82, 2.24) is 4.57 Å². The number of benzene rings is 2. The lowest BCUT2D eigenvalue weighted by Gasteiger charge is -2.17. The van der Waals surface area contributed by atoms with Gasteiger partial charge in [0.25, 0.3) is 5.56 Å². The molecule has 0 aliphatic carbocycles. The summed E-state index contributed by atoms with van der Waals surface area (Å²) in [7, 11) is 1.08. The van der Waals surface area contributed by atoms with E-state index in [0.717, 1.165) is 29.9 Å². The molecular formula is C18H14F3N3O3. The van der Waals surface area contributed by atoms with Gasteiger partial charge in [-0.3, -0.25) is 9.36 Å². The van der Waals surface area contributed by atoms with Crippen LogP contribution in [-0.4, -0.2) is 17.6 Å². The molecule has 4 N–H and O–H groups in total. The number of nitrogens with zero attached hydrogens (tertiary/aromatic N) is 1. The Morgan fingerprint density at radius 2 is 1.70 bits per heavy atom. The van der Waals surface area contributed by atoms with Crippen LogP contribution in [0.15, 0.2) is 47.3 Å². The number of esters is 1. The third-order valence-electron chi connectivity index (χ3n) is 4.08. The second-order valence-electron chi connectivity index (χ2n) is 5.74. The summed E-state index contributed by atoms with van der Waals surface area (Å²) in [5, 5.41) is 0.111. The van der Waals surface area contributed by atoms with E-state index in [1.54, 1.807) is 0 Å². The Morgan fingerprint density at radius 3 is 2.26 bits per heavy atom. The van der Waals surface area contributed by atoms with Gasteiger partial charge in [-0.1, -0.05) is 6.07 Å². The minimum Gasteiger partial charge on any atom is -0.465 e. The average Bonchev–Trinajstić information content (AvgIpc) is 2.62. The lowest BCUT2D eigenvalue weighted by molar-refractivity contribution is -0.137. The first kappa shape index (κ1) is 18.3. The molecule has 0 fully saturated rings. The first-order chi connectivity index (χ1) is 12.6. The summed E-state index contributed by atoms with van der Waals surface area (Å²) in [5.74, 6) is -0.983. The van der Waals surface area contributed by atoms with E-state index in [-0.39, 0.29) is 22.3 Å². The van der Waals surface area contributed by atoms with Gasteiger partial charge in [0.2, 0.25) is 0 Å². The normalized spacial score (nSPS) is 11.6. The maximum absolute atomic E-state index is 13.2. The summed E-state index contributed by atoms with van der Waals surface area (Å²) < 4.78 is 45.1. The topological polar surface area (TPSA) is 100 Å². The predicted molar refractivity (Wildman–Crippen MR) is 94.7 cm³/mol. The number of fused-ring (bicyclic) bond motifs is 1. The third kappa shape index (κ3) is 3.07. The second-order valence-corrected chi connectivity index (χ2v) is 5.74. The Kier molecular flexibility index (Phi) is 4.30. The fourth-order valence-electron chi connectivity index (χ4n) is 2.77. The van der Waals surface area contributed by atoms with Crippen molar-refractivity contribution in [3.63, 3.8) is 0 Å². The van der Waals surface area contributed by atoms with E-state index in [1.165, 1.54) is 24.3 Å². The number of nitrogens with two attached hydrogens (primary N) is 2.